The number of hydrogen-bond donors (Lipinski definition) is 2. The van der Waals surface area contributed by atoms with Gasteiger partial charge in [0.25, 0.3) is 0 Å². The van der Waals surface area contributed by atoms with Crippen LogP contribution in [-0.4, -0.2) is 42.1 Å². The highest BCUT2D eigenvalue weighted by atomic mass is 79.9. The van der Waals surface area contributed by atoms with Gasteiger partial charge in [-0.2, -0.15) is 18.2 Å². The molecule has 0 atom stereocenters. The molecule has 0 saturated carbocycles. The van der Waals surface area contributed by atoms with Gasteiger partial charge in [-0.15, -0.1) is 0 Å². The van der Waals surface area contributed by atoms with Gasteiger partial charge in [0.05, 0.1) is 0 Å². The molecule has 0 unspecified atom stereocenters. The van der Waals surface area contributed by atoms with Crippen molar-refractivity contribution in [3.63, 3.8) is 0 Å². The van der Waals surface area contributed by atoms with Crippen LogP contribution < -0.4 is 10.6 Å². The Balaban J connectivity index is 2.16. The molecule has 5 nitrogen and oxygen atoms in total. The van der Waals surface area contributed by atoms with Crippen molar-refractivity contribution in [1.82, 2.24) is 14.9 Å². The summed E-state index contributed by atoms with van der Waals surface area (Å²) in [6, 6.07) is 8.38. The van der Waals surface area contributed by atoms with E-state index in [0.717, 1.165) is 16.1 Å². The van der Waals surface area contributed by atoms with Crippen LogP contribution in [0.25, 0.3) is 0 Å². The largest absolute Gasteiger partial charge is 0.433 e. The van der Waals surface area contributed by atoms with Crippen LogP contribution >= 0.6 is 15.9 Å². The minimum Gasteiger partial charge on any atom is -0.366 e. The van der Waals surface area contributed by atoms with E-state index < -0.39 is 11.9 Å². The highest BCUT2D eigenvalue weighted by Crippen LogP contribution is 2.30. The highest BCUT2D eigenvalue weighted by molar-refractivity contribution is 9.10. The fourth-order valence-corrected chi connectivity index (χ4v) is 2.41. The van der Waals surface area contributed by atoms with Crippen molar-refractivity contribution < 1.29 is 13.2 Å². The summed E-state index contributed by atoms with van der Waals surface area (Å²) in [6.45, 7) is 1.43. The molecule has 0 amide bonds. The number of aromatic nitrogens is 2. The first-order valence-corrected chi connectivity index (χ1v) is 8.37. The predicted molar refractivity (Wildman–Crippen MR) is 95.5 cm³/mol. The fraction of sp³-hybridized carbons (Fsp3) is 0.375. The van der Waals surface area contributed by atoms with Crippen molar-refractivity contribution >= 4 is 27.7 Å². The summed E-state index contributed by atoms with van der Waals surface area (Å²) in [5.74, 6) is 0.0664. The molecule has 136 valence electrons. The van der Waals surface area contributed by atoms with Crippen molar-refractivity contribution in [3.05, 3.63) is 46.1 Å². The third kappa shape index (κ3) is 6.17. The number of nitrogens with one attached hydrogen (secondary N) is 2. The van der Waals surface area contributed by atoms with Gasteiger partial charge in [-0.05, 0) is 25.7 Å². The van der Waals surface area contributed by atoms with Crippen LogP contribution in [0.3, 0.4) is 0 Å². The summed E-state index contributed by atoms with van der Waals surface area (Å²) >= 11 is 3.41. The van der Waals surface area contributed by atoms with E-state index in [0.29, 0.717) is 19.6 Å². The number of likely N-dealkylation sites (N-methyl/N-ethyl adjacent to an activating group) is 1. The maximum absolute atomic E-state index is 13.1. The van der Waals surface area contributed by atoms with E-state index >= 15 is 0 Å². The van der Waals surface area contributed by atoms with Crippen LogP contribution in [-0.2, 0) is 12.7 Å². The molecule has 2 aromatic rings. The van der Waals surface area contributed by atoms with Crippen molar-refractivity contribution in [1.29, 1.82) is 0 Å². The lowest BCUT2D eigenvalue weighted by Gasteiger charge is -2.14. The Morgan fingerprint density at radius 2 is 1.84 bits per heavy atom. The smallest absolute Gasteiger partial charge is 0.366 e. The molecule has 0 bridgehead atoms. The Labute approximate surface area is 152 Å². The molecule has 2 N–H and O–H groups in total. The van der Waals surface area contributed by atoms with Crippen LogP contribution in [0.4, 0.5) is 24.9 Å². The van der Waals surface area contributed by atoms with Gasteiger partial charge in [0.15, 0.2) is 5.69 Å². The van der Waals surface area contributed by atoms with Crippen LogP contribution in [0.15, 0.2) is 34.8 Å². The number of rotatable bonds is 7. The van der Waals surface area contributed by atoms with Crippen molar-refractivity contribution in [2.45, 2.75) is 12.7 Å². The Bertz CT molecular complexity index is 706. The molecule has 2 rings (SSSR count). The van der Waals surface area contributed by atoms with E-state index in [1.54, 1.807) is 0 Å². The number of nitrogens with zero attached hydrogens (tertiary/aromatic N) is 3. The summed E-state index contributed by atoms with van der Waals surface area (Å²) in [6.07, 6.45) is -4.54. The topological polar surface area (TPSA) is 53.1 Å². The average Bonchev–Trinajstić information content (AvgIpc) is 2.53. The quantitative estimate of drug-likeness (QED) is 0.716. The van der Waals surface area contributed by atoms with Crippen molar-refractivity contribution in [3.8, 4) is 0 Å². The van der Waals surface area contributed by atoms with Crippen LogP contribution in [0.5, 0.6) is 0 Å². The fourth-order valence-electron chi connectivity index (χ4n) is 1.98. The first-order chi connectivity index (χ1) is 11.8. The maximum atomic E-state index is 13.1. The van der Waals surface area contributed by atoms with Gasteiger partial charge in [-0.3, -0.25) is 0 Å². The zero-order chi connectivity index (χ0) is 18.4. The average molecular weight is 418 g/mol. The monoisotopic (exact) mass is 417 g/mol. The van der Waals surface area contributed by atoms with Gasteiger partial charge >= 0.3 is 6.18 Å². The number of hydrogen-bond acceptors (Lipinski definition) is 5. The molecule has 0 saturated heterocycles. The standard InChI is InChI=1S/C16H19BrF3N5/c1-25(2)8-7-21-15-23-13(16(18,19)20)9-14(24-15)22-10-11-5-3-4-6-12(11)17/h3-6,9H,7-8,10H2,1-2H3,(H2,21,22,23,24). The zero-order valence-corrected chi connectivity index (χ0v) is 15.4. The highest BCUT2D eigenvalue weighted by Gasteiger charge is 2.33. The predicted octanol–water partition coefficient (Wildman–Crippen LogP) is 3.84. The Kier molecular flexibility index (Phi) is 6.60. The number of anilines is 2. The minimum absolute atomic E-state index is 0.0497. The third-order valence-electron chi connectivity index (χ3n) is 3.28. The second-order valence-electron chi connectivity index (χ2n) is 5.63. The molecule has 0 aliphatic rings. The lowest BCUT2D eigenvalue weighted by atomic mass is 10.2. The SMILES string of the molecule is CN(C)CCNc1nc(NCc2ccccc2Br)cc(C(F)(F)F)n1. The van der Waals surface area contributed by atoms with Gasteiger partial charge in [0.1, 0.15) is 5.82 Å². The van der Waals surface area contributed by atoms with E-state index in [9.17, 15) is 13.2 Å². The maximum Gasteiger partial charge on any atom is 0.433 e. The Hall–Kier alpha value is -1.87. The zero-order valence-electron chi connectivity index (χ0n) is 13.9. The van der Waals surface area contributed by atoms with E-state index in [1.807, 2.05) is 43.3 Å². The molecule has 0 spiro atoms. The normalized spacial score (nSPS) is 11.6. The molecule has 9 heteroatoms. The molecule has 0 radical (unpaired) electrons. The lowest BCUT2D eigenvalue weighted by Crippen LogP contribution is -2.22. The first kappa shape index (κ1) is 19.5. The molecular formula is C16H19BrF3N5. The minimum atomic E-state index is -4.54. The summed E-state index contributed by atoms with van der Waals surface area (Å²) in [5, 5.41) is 5.75. The van der Waals surface area contributed by atoms with E-state index in [2.05, 4.69) is 36.5 Å². The molecule has 0 fully saturated rings. The van der Waals surface area contributed by atoms with Crippen LogP contribution in [0.1, 0.15) is 11.3 Å². The molecular weight excluding hydrogens is 399 g/mol. The van der Waals surface area contributed by atoms with Gasteiger partial charge in [-0.25, -0.2) is 4.98 Å². The van der Waals surface area contributed by atoms with E-state index in [-0.39, 0.29) is 11.8 Å². The van der Waals surface area contributed by atoms with Crippen molar-refractivity contribution in [2.75, 3.05) is 37.8 Å². The summed E-state index contributed by atoms with van der Waals surface area (Å²) in [5.41, 5.74) is -0.0683. The Morgan fingerprint density at radius 1 is 1.12 bits per heavy atom. The van der Waals surface area contributed by atoms with Crippen LogP contribution in [0, 0.1) is 0 Å². The van der Waals surface area contributed by atoms with Gasteiger partial charge < -0.3 is 15.5 Å². The molecule has 25 heavy (non-hydrogen) atoms. The Morgan fingerprint density at radius 3 is 2.48 bits per heavy atom. The molecule has 1 heterocycles. The van der Waals surface area contributed by atoms with Crippen LogP contribution in [0.2, 0.25) is 0 Å². The second kappa shape index (κ2) is 8.48. The number of halogens is 4. The van der Waals surface area contributed by atoms with Gasteiger partial charge in [0, 0.05) is 30.2 Å². The van der Waals surface area contributed by atoms with E-state index in [4.69, 9.17) is 0 Å². The molecule has 1 aromatic heterocycles. The van der Waals surface area contributed by atoms with Gasteiger partial charge in [0.2, 0.25) is 5.95 Å². The third-order valence-corrected chi connectivity index (χ3v) is 4.05. The summed E-state index contributed by atoms with van der Waals surface area (Å²) in [4.78, 5) is 9.59. The first-order valence-electron chi connectivity index (χ1n) is 7.58. The molecule has 1 aromatic carbocycles. The number of alkyl halides is 3. The van der Waals surface area contributed by atoms with Crippen molar-refractivity contribution in [2.24, 2.45) is 0 Å². The summed E-state index contributed by atoms with van der Waals surface area (Å²) < 4.78 is 40.1. The summed E-state index contributed by atoms with van der Waals surface area (Å²) in [7, 11) is 3.75. The van der Waals surface area contributed by atoms with Gasteiger partial charge in [-0.1, -0.05) is 34.1 Å². The number of benzene rings is 1. The lowest BCUT2D eigenvalue weighted by molar-refractivity contribution is -0.141. The van der Waals surface area contributed by atoms with E-state index in [1.165, 1.54) is 0 Å². The second-order valence-corrected chi connectivity index (χ2v) is 6.49. The molecule has 0 aliphatic heterocycles. The molecule has 0 aliphatic carbocycles.